The first kappa shape index (κ1) is 68.6. The Hall–Kier alpha value is -11.2. The van der Waals surface area contributed by atoms with Gasteiger partial charge >= 0.3 is 0 Å². The van der Waals surface area contributed by atoms with Gasteiger partial charge in [0.1, 0.15) is 40.9 Å². The summed E-state index contributed by atoms with van der Waals surface area (Å²) in [5.41, 5.74) is 17.3. The van der Waals surface area contributed by atoms with Gasteiger partial charge in [-0.1, -0.05) is 34.8 Å². The van der Waals surface area contributed by atoms with Gasteiger partial charge in [0, 0.05) is 82.1 Å². The monoisotopic (exact) mass is 1370 g/mol. The van der Waals surface area contributed by atoms with Gasteiger partial charge in [-0.05, 0) is 107 Å². The van der Waals surface area contributed by atoms with Crippen molar-refractivity contribution in [3.8, 4) is 51.4 Å². The van der Waals surface area contributed by atoms with Gasteiger partial charge in [0.25, 0.3) is 0 Å². The number of pyridine rings is 6. The largest absolute Gasteiger partial charge is 0.492 e. The number of hydrogen-bond acceptors (Lipinski definition) is 27. The normalized spacial score (nSPS) is 12.7. The number of aromatic nitrogens is 19. The van der Waals surface area contributed by atoms with E-state index in [0.29, 0.717) is 119 Å². The summed E-state index contributed by atoms with van der Waals surface area (Å²) in [6, 6.07) is 17.4. The van der Waals surface area contributed by atoms with E-state index in [2.05, 4.69) is 96.5 Å². The average Bonchev–Trinajstić information content (AvgIpc) is 1.76. The summed E-state index contributed by atoms with van der Waals surface area (Å²) in [6.07, 6.45) is 19.8. The number of carbonyl (C=O) groups excluding carboxylic acids is 3. The number of hydrogen-bond donors (Lipinski definition) is 5. The topological polar surface area (TPSA) is 388 Å². The minimum atomic E-state index is 0.0306. The van der Waals surface area contributed by atoms with Crippen LogP contribution in [0.2, 0.25) is 15.3 Å². The zero-order valence-electron chi connectivity index (χ0n) is 53.7. The maximum atomic E-state index is 13.0. The Labute approximate surface area is 570 Å². The molecular formula is C64H65Cl3N24O6. The third-order valence-electron chi connectivity index (χ3n) is 14.5. The average molecular weight is 1370 g/mol. The lowest BCUT2D eigenvalue weighted by molar-refractivity contribution is 0.0960. The number of carbonyl (C=O) groups is 3. The molecule has 0 unspecified atom stereocenters. The molecule has 0 saturated heterocycles. The fourth-order valence-electron chi connectivity index (χ4n) is 9.18. The van der Waals surface area contributed by atoms with Crippen LogP contribution in [0, 0.1) is 31.6 Å². The Morgan fingerprint density at radius 1 is 0.464 bits per heavy atom. The van der Waals surface area contributed by atoms with Crippen LogP contribution in [0.1, 0.15) is 81.0 Å². The highest BCUT2D eigenvalue weighted by Gasteiger charge is 2.35. The van der Waals surface area contributed by atoms with Crippen molar-refractivity contribution in [1.29, 1.82) is 0 Å². The third-order valence-corrected chi connectivity index (χ3v) is 15.2. The number of anilines is 8. The molecule has 33 heteroatoms. The van der Waals surface area contributed by atoms with Crippen LogP contribution in [0.4, 0.5) is 46.3 Å². The minimum Gasteiger partial charge on any atom is -0.492 e. The molecule has 3 saturated carbocycles. The maximum Gasteiger partial charge on any atom is 0.185 e. The summed E-state index contributed by atoms with van der Waals surface area (Å²) in [5, 5.41) is 38.9. The van der Waals surface area contributed by atoms with Crippen molar-refractivity contribution < 1.29 is 28.6 Å². The van der Waals surface area contributed by atoms with Gasteiger partial charge < -0.3 is 41.6 Å². The number of aryl methyl sites for hydroxylation is 5. The van der Waals surface area contributed by atoms with Crippen LogP contribution in [-0.4, -0.2) is 133 Å². The number of rotatable bonds is 18. The fourth-order valence-corrected chi connectivity index (χ4v) is 9.80. The molecule has 498 valence electrons. The minimum absolute atomic E-state index is 0.0306. The van der Waals surface area contributed by atoms with Gasteiger partial charge in [-0.3, -0.25) is 28.4 Å². The number of nitrogens with one attached hydrogen (secondary N) is 3. The highest BCUT2D eigenvalue weighted by atomic mass is 35.5. The molecule has 0 radical (unpaired) electrons. The highest BCUT2D eigenvalue weighted by molar-refractivity contribution is 6.36. The van der Waals surface area contributed by atoms with Crippen LogP contribution in [0.25, 0.3) is 34.2 Å². The molecule has 30 nitrogen and oxygen atoms in total. The zero-order valence-corrected chi connectivity index (χ0v) is 55.9. The number of Topliss-reactive ketones (excluding diaryl/α,β-unsaturated/α-hetero) is 3. The summed E-state index contributed by atoms with van der Waals surface area (Å²) in [4.78, 5) is 74.9. The summed E-state index contributed by atoms with van der Waals surface area (Å²) in [7, 11) is 10.0. The second kappa shape index (κ2) is 31.3. The van der Waals surface area contributed by atoms with E-state index in [0.717, 1.165) is 55.5 Å². The lowest BCUT2D eigenvalue weighted by Crippen LogP contribution is -2.09. The number of ether oxygens (including phenoxy) is 3. The molecular weight excluding hydrogens is 1310 g/mol. The number of methoxy groups -OCH3 is 3. The fraction of sp³-hybridized carbons (Fsp3) is 0.266. The van der Waals surface area contributed by atoms with Crippen LogP contribution < -0.4 is 41.6 Å². The molecule has 11 heterocycles. The zero-order chi connectivity index (χ0) is 68.9. The van der Waals surface area contributed by atoms with Crippen molar-refractivity contribution in [1.82, 2.24) is 94.6 Å². The van der Waals surface area contributed by atoms with Crippen molar-refractivity contribution in [3.63, 3.8) is 0 Å². The summed E-state index contributed by atoms with van der Waals surface area (Å²) >= 11 is 17.5. The van der Waals surface area contributed by atoms with Crippen LogP contribution in [0.3, 0.4) is 0 Å². The first-order valence-electron chi connectivity index (χ1n) is 30.0. The molecule has 0 amide bonds. The molecule has 97 heavy (non-hydrogen) atoms. The number of ketones is 3. The maximum absolute atomic E-state index is 13.0. The summed E-state index contributed by atoms with van der Waals surface area (Å²) in [6.45, 7) is 3.73. The van der Waals surface area contributed by atoms with Gasteiger partial charge in [-0.2, -0.15) is 25.5 Å². The molecule has 3 fully saturated rings. The highest BCUT2D eigenvalue weighted by Crippen LogP contribution is 2.41. The van der Waals surface area contributed by atoms with E-state index in [1.807, 2.05) is 32.0 Å². The Kier molecular flexibility index (Phi) is 22.2. The second-order valence-corrected chi connectivity index (χ2v) is 23.3. The molecule has 0 spiro atoms. The molecule has 0 aliphatic heterocycles. The van der Waals surface area contributed by atoms with Gasteiger partial charge in [-0.25, -0.2) is 44.9 Å². The van der Waals surface area contributed by atoms with Crippen molar-refractivity contribution in [2.45, 2.75) is 52.4 Å². The van der Waals surface area contributed by atoms with Crippen LogP contribution in [0.5, 0.6) is 17.2 Å². The van der Waals surface area contributed by atoms with Crippen molar-refractivity contribution in [2.24, 2.45) is 38.9 Å². The van der Waals surface area contributed by atoms with Crippen molar-refractivity contribution in [2.75, 3.05) is 48.7 Å². The molecule has 0 bridgehead atoms. The van der Waals surface area contributed by atoms with E-state index in [4.69, 9.17) is 60.5 Å². The molecule has 0 atom stereocenters. The predicted molar refractivity (Wildman–Crippen MR) is 363 cm³/mol. The Bertz CT molecular complexity index is 4580. The predicted octanol–water partition coefficient (Wildman–Crippen LogP) is 10.5. The number of nitrogens with two attached hydrogens (primary N) is 2. The van der Waals surface area contributed by atoms with E-state index in [-0.39, 0.29) is 40.3 Å². The van der Waals surface area contributed by atoms with E-state index < -0.39 is 0 Å². The molecule has 11 aromatic rings. The quantitative estimate of drug-likeness (QED) is 0.0393. The lowest BCUT2D eigenvalue weighted by atomic mass is 10.1. The first-order valence-corrected chi connectivity index (χ1v) is 31.1. The van der Waals surface area contributed by atoms with Gasteiger partial charge in [-0.15, -0.1) is 10.2 Å². The molecule has 11 aromatic heterocycles. The van der Waals surface area contributed by atoms with Crippen LogP contribution in [-0.2, 0) is 21.1 Å². The van der Waals surface area contributed by atoms with Gasteiger partial charge in [0.05, 0.1) is 82.5 Å². The van der Waals surface area contributed by atoms with E-state index in [9.17, 15) is 14.4 Å². The molecule has 7 N–H and O–H groups in total. The first-order chi connectivity index (χ1) is 46.8. The number of nitrogen functional groups attached to an aromatic ring is 2. The van der Waals surface area contributed by atoms with Crippen molar-refractivity contribution >= 4 is 98.4 Å². The van der Waals surface area contributed by atoms with Gasteiger partial charge in [0.15, 0.2) is 75.3 Å². The summed E-state index contributed by atoms with van der Waals surface area (Å²) < 4.78 is 21.2. The smallest absolute Gasteiger partial charge is 0.185 e. The molecule has 14 rings (SSSR count). The van der Waals surface area contributed by atoms with Crippen LogP contribution >= 0.6 is 34.8 Å². The van der Waals surface area contributed by atoms with E-state index >= 15 is 0 Å². The Morgan fingerprint density at radius 2 is 0.887 bits per heavy atom. The number of nitrogens with zero attached hydrogens (tertiary/aromatic N) is 19. The van der Waals surface area contributed by atoms with Gasteiger partial charge in [0.2, 0.25) is 0 Å². The van der Waals surface area contributed by atoms with Crippen LogP contribution in [0.15, 0.2) is 117 Å². The van der Waals surface area contributed by atoms with E-state index in [1.165, 1.54) is 18.5 Å². The molecule has 0 aromatic carbocycles. The third kappa shape index (κ3) is 18.0. The lowest BCUT2D eigenvalue weighted by Gasteiger charge is -2.16. The molecule has 3 aliphatic carbocycles. The Morgan fingerprint density at radius 3 is 1.30 bits per heavy atom. The second-order valence-electron chi connectivity index (χ2n) is 22.1. The van der Waals surface area contributed by atoms with Crippen molar-refractivity contribution in [3.05, 3.63) is 160 Å². The molecule has 3 aliphatic rings. The SMILES string of the molecule is COc1c(-c2ncn(C)n2)ccnc1N.COc1c(-c2ncn(C)n2)ccnc1Nc1cc(Cl)ncc1C(=O)C1CC1.COc1c(-c2ncn(C)n2)ccnc1Nc1cc(Nc2ccc(C)nn2)ncc1C(=O)C1CC1.Cc1ccc(N)nn1.O=C(c1cnc(Cl)cc1Cl)C1CC1. The number of halogens is 3. The summed E-state index contributed by atoms with van der Waals surface area (Å²) in [5.74, 6) is 6.24. The van der Waals surface area contributed by atoms with E-state index in [1.54, 1.807) is 137 Å². The Balaban J connectivity index is 0.000000143. The standard InChI is InChI=1S/C23H23N9O2.C18H17ClN6O2.C9H7Cl2NO.C9H11N5O.C5H7N3/c1-13-4-7-18(30-29-13)28-19-10-17(16(11-25-19)20(33)14-5-6-14)27-23-21(34-3)15(8-9-24-23)22-26-12-32(2)31-22;1-25-9-22-17(24-25)11-5-6-20-18(16(11)27-2)23-13-7-14(19)21-8-12(13)15(26)10-3-4-10;10-7-3-8(11)12-4-6(7)9(13)5-1-2-5;1-14-5-12-9(13-14)6-3-4-11-8(10)7(6)15-2;1-4-2-3-5(6)8-7-4/h4,7-12,14H,5-6H2,1-3H3,(H2,24,25,27,28,30);5-10H,3-4H2,1-2H3,(H,20,21,23);3-5H,1-2H2;3-5H,1-2H3,(H2,10,11);2-3H,1H3,(H2,6,8).